The number of carbonyl (C=O) groups is 1. The Morgan fingerprint density at radius 3 is 2.76 bits per heavy atom. The van der Waals surface area contributed by atoms with Gasteiger partial charge in [0, 0.05) is 5.56 Å². The van der Waals surface area contributed by atoms with Gasteiger partial charge >= 0.3 is 0 Å². The van der Waals surface area contributed by atoms with E-state index in [1.54, 1.807) is 6.07 Å². The van der Waals surface area contributed by atoms with Crippen LogP contribution in [-0.4, -0.2) is 23.2 Å². The summed E-state index contributed by atoms with van der Waals surface area (Å²) in [6.45, 7) is 4.01. The van der Waals surface area contributed by atoms with Crippen LogP contribution in [0.1, 0.15) is 27.4 Å². The van der Waals surface area contributed by atoms with Crippen molar-refractivity contribution in [1.82, 2.24) is 15.5 Å². The van der Waals surface area contributed by atoms with Crippen molar-refractivity contribution >= 4 is 5.91 Å². The summed E-state index contributed by atoms with van der Waals surface area (Å²) < 4.78 is 10.5. The Morgan fingerprint density at radius 1 is 1.20 bits per heavy atom. The van der Waals surface area contributed by atoms with Gasteiger partial charge in [0.25, 0.3) is 5.91 Å². The number of amides is 1. The number of rotatable bonds is 5. The Balaban J connectivity index is 1.72. The summed E-state index contributed by atoms with van der Waals surface area (Å²) in [5.74, 6) is 1.13. The van der Waals surface area contributed by atoms with Crippen molar-refractivity contribution in [2.45, 2.75) is 20.4 Å². The summed E-state index contributed by atoms with van der Waals surface area (Å²) in [4.78, 5) is 16.8. The number of hydrogen-bond acceptors (Lipinski definition) is 5. The molecule has 0 aliphatic carbocycles. The van der Waals surface area contributed by atoms with Crippen LogP contribution >= 0.6 is 0 Å². The van der Waals surface area contributed by atoms with Crippen LogP contribution in [0.3, 0.4) is 0 Å². The largest absolute Gasteiger partial charge is 0.496 e. The minimum absolute atomic E-state index is 0.148. The molecule has 0 aliphatic heterocycles. The number of nitrogens with one attached hydrogen (secondary N) is 1. The van der Waals surface area contributed by atoms with Crippen LogP contribution < -0.4 is 10.1 Å². The topological polar surface area (TPSA) is 77.2 Å². The zero-order valence-corrected chi connectivity index (χ0v) is 14.4. The number of benzene rings is 2. The number of aromatic nitrogens is 2. The lowest BCUT2D eigenvalue weighted by molar-refractivity contribution is 0.0942. The zero-order chi connectivity index (χ0) is 17.8. The molecule has 1 aromatic heterocycles. The molecule has 3 rings (SSSR count). The van der Waals surface area contributed by atoms with Gasteiger partial charge < -0.3 is 14.6 Å². The molecule has 0 fully saturated rings. The molecule has 0 aliphatic rings. The molecule has 2 aromatic carbocycles. The smallest absolute Gasteiger partial charge is 0.255 e. The molecule has 1 amide bonds. The predicted octanol–water partition coefficient (Wildman–Crippen LogP) is 3.29. The third kappa shape index (κ3) is 3.68. The van der Waals surface area contributed by atoms with Crippen molar-refractivity contribution in [2.75, 3.05) is 7.11 Å². The fraction of sp³-hybridized carbons (Fsp3) is 0.211. The molecule has 0 unspecified atom stereocenters. The minimum Gasteiger partial charge on any atom is -0.496 e. The van der Waals surface area contributed by atoms with Gasteiger partial charge in [-0.15, -0.1) is 0 Å². The highest BCUT2D eigenvalue weighted by Gasteiger charge is 2.16. The fourth-order valence-electron chi connectivity index (χ4n) is 2.57. The Morgan fingerprint density at radius 2 is 2.00 bits per heavy atom. The molecule has 6 heteroatoms. The molecule has 3 aromatic rings. The van der Waals surface area contributed by atoms with Crippen LogP contribution in [0.5, 0.6) is 5.75 Å². The Kier molecular flexibility index (Phi) is 4.79. The lowest BCUT2D eigenvalue weighted by atomic mass is 10.1. The first-order chi connectivity index (χ1) is 12.1. The molecule has 1 N–H and O–H groups in total. The highest BCUT2D eigenvalue weighted by Crippen LogP contribution is 2.22. The molecule has 0 bridgehead atoms. The van der Waals surface area contributed by atoms with E-state index in [0.717, 1.165) is 16.7 Å². The van der Waals surface area contributed by atoms with Gasteiger partial charge in [-0.25, -0.2) is 0 Å². The summed E-state index contributed by atoms with van der Waals surface area (Å²) in [5.41, 5.74) is 3.33. The lowest BCUT2D eigenvalue weighted by Gasteiger charge is -2.10. The first kappa shape index (κ1) is 16.7. The lowest BCUT2D eigenvalue weighted by Crippen LogP contribution is -2.24. The van der Waals surface area contributed by atoms with Crippen LogP contribution in [0.2, 0.25) is 0 Å². The summed E-state index contributed by atoms with van der Waals surface area (Å²) in [7, 11) is 1.54. The number of aryl methyl sites for hydroxylation is 2. The molecule has 25 heavy (non-hydrogen) atoms. The Hall–Kier alpha value is -3.15. The summed E-state index contributed by atoms with van der Waals surface area (Å²) in [6.07, 6.45) is 0. The fourth-order valence-corrected chi connectivity index (χ4v) is 2.57. The van der Waals surface area contributed by atoms with E-state index >= 15 is 0 Å². The number of nitrogens with zero attached hydrogens (tertiary/aromatic N) is 2. The number of ether oxygens (including phenoxy) is 1. The maximum atomic E-state index is 12.5. The molecule has 0 spiro atoms. The van der Waals surface area contributed by atoms with Crippen molar-refractivity contribution in [3.05, 3.63) is 65.0 Å². The maximum absolute atomic E-state index is 12.5. The standard InChI is InChI=1S/C19H19N3O3/c1-12-6-4-8-14(10-12)18-21-16(25-22-18)11-20-19(23)17-13(2)7-5-9-15(17)24-3/h4-10H,11H2,1-3H3,(H,20,23). The minimum atomic E-state index is -0.245. The van der Waals surface area contributed by atoms with E-state index in [9.17, 15) is 4.79 Å². The van der Waals surface area contributed by atoms with Gasteiger partial charge in [-0.2, -0.15) is 4.98 Å². The summed E-state index contributed by atoms with van der Waals surface area (Å²) in [6, 6.07) is 13.3. The molecule has 0 saturated carbocycles. The Labute approximate surface area is 145 Å². The molecule has 0 atom stereocenters. The van der Waals surface area contributed by atoms with Gasteiger partial charge in [-0.1, -0.05) is 41.1 Å². The molecule has 128 valence electrons. The first-order valence-electron chi connectivity index (χ1n) is 7.90. The molecular formula is C19H19N3O3. The molecule has 6 nitrogen and oxygen atoms in total. The number of methoxy groups -OCH3 is 1. The molecule has 1 heterocycles. The van der Waals surface area contributed by atoms with Crippen molar-refractivity contribution in [1.29, 1.82) is 0 Å². The van der Waals surface area contributed by atoms with E-state index in [0.29, 0.717) is 23.0 Å². The van der Waals surface area contributed by atoms with E-state index in [1.165, 1.54) is 7.11 Å². The van der Waals surface area contributed by atoms with Gasteiger partial charge in [-0.3, -0.25) is 4.79 Å². The van der Waals surface area contributed by atoms with Crippen LogP contribution in [-0.2, 0) is 6.54 Å². The third-order valence-corrected chi connectivity index (χ3v) is 3.83. The van der Waals surface area contributed by atoms with Crippen LogP contribution in [0.4, 0.5) is 0 Å². The van der Waals surface area contributed by atoms with Gasteiger partial charge in [0.15, 0.2) is 0 Å². The van der Waals surface area contributed by atoms with Crippen molar-refractivity contribution in [3.63, 3.8) is 0 Å². The van der Waals surface area contributed by atoms with E-state index in [1.807, 2.05) is 50.2 Å². The average molecular weight is 337 g/mol. The molecule has 0 saturated heterocycles. The normalized spacial score (nSPS) is 10.5. The number of carbonyl (C=O) groups excluding carboxylic acids is 1. The van der Waals surface area contributed by atoms with Crippen LogP contribution in [0, 0.1) is 13.8 Å². The van der Waals surface area contributed by atoms with E-state index in [4.69, 9.17) is 9.26 Å². The highest BCUT2D eigenvalue weighted by atomic mass is 16.5. The van der Waals surface area contributed by atoms with Gasteiger partial charge in [0.1, 0.15) is 5.75 Å². The SMILES string of the molecule is COc1cccc(C)c1C(=O)NCc1nc(-c2cccc(C)c2)no1. The maximum Gasteiger partial charge on any atom is 0.255 e. The van der Waals surface area contributed by atoms with Crippen molar-refractivity contribution in [3.8, 4) is 17.1 Å². The monoisotopic (exact) mass is 337 g/mol. The zero-order valence-electron chi connectivity index (χ0n) is 14.4. The number of hydrogen-bond donors (Lipinski definition) is 1. The second-order valence-electron chi connectivity index (χ2n) is 5.72. The van der Waals surface area contributed by atoms with Crippen LogP contribution in [0.25, 0.3) is 11.4 Å². The highest BCUT2D eigenvalue weighted by molar-refractivity contribution is 5.98. The average Bonchev–Trinajstić information content (AvgIpc) is 3.08. The molecule has 0 radical (unpaired) electrons. The quantitative estimate of drug-likeness (QED) is 0.773. The molecular weight excluding hydrogens is 318 g/mol. The third-order valence-electron chi connectivity index (χ3n) is 3.83. The van der Waals surface area contributed by atoms with Crippen LogP contribution in [0.15, 0.2) is 47.0 Å². The Bertz CT molecular complexity index is 902. The van der Waals surface area contributed by atoms with Crippen molar-refractivity contribution < 1.29 is 14.1 Å². The first-order valence-corrected chi connectivity index (χ1v) is 7.90. The predicted molar refractivity (Wildman–Crippen MR) is 93.4 cm³/mol. The van der Waals surface area contributed by atoms with Crippen molar-refractivity contribution in [2.24, 2.45) is 0 Å². The van der Waals surface area contributed by atoms with E-state index in [-0.39, 0.29) is 12.5 Å². The second kappa shape index (κ2) is 7.17. The van der Waals surface area contributed by atoms with Gasteiger partial charge in [0.2, 0.25) is 11.7 Å². The van der Waals surface area contributed by atoms with E-state index in [2.05, 4.69) is 15.5 Å². The van der Waals surface area contributed by atoms with Gasteiger partial charge in [-0.05, 0) is 31.5 Å². The summed E-state index contributed by atoms with van der Waals surface area (Å²) in [5, 5.41) is 6.76. The summed E-state index contributed by atoms with van der Waals surface area (Å²) >= 11 is 0. The van der Waals surface area contributed by atoms with E-state index < -0.39 is 0 Å². The van der Waals surface area contributed by atoms with Gasteiger partial charge in [0.05, 0.1) is 19.2 Å². The second-order valence-corrected chi connectivity index (χ2v) is 5.72.